The molecule has 0 atom stereocenters. The number of aromatic amines is 1. The molecule has 8 nitrogen and oxygen atoms in total. The fourth-order valence-electron chi connectivity index (χ4n) is 5.08. The molecule has 0 fully saturated rings. The monoisotopic (exact) mass is 481 g/mol. The minimum absolute atomic E-state index is 0.363. The highest BCUT2D eigenvalue weighted by Crippen LogP contribution is 2.41. The summed E-state index contributed by atoms with van der Waals surface area (Å²) in [5.41, 5.74) is 4.83. The largest absolute Gasteiger partial charge is 0.496 e. The number of methoxy groups -OCH3 is 1. The highest BCUT2D eigenvalue weighted by Gasteiger charge is 2.26. The van der Waals surface area contributed by atoms with Gasteiger partial charge in [-0.2, -0.15) is 0 Å². The molecule has 8 heteroatoms. The van der Waals surface area contributed by atoms with E-state index in [2.05, 4.69) is 16.2 Å². The molecule has 36 heavy (non-hydrogen) atoms. The third kappa shape index (κ3) is 3.40. The van der Waals surface area contributed by atoms with E-state index < -0.39 is 5.60 Å². The van der Waals surface area contributed by atoms with E-state index in [-0.39, 0.29) is 0 Å². The molecule has 0 spiro atoms. The molecule has 3 aromatic heterocycles. The van der Waals surface area contributed by atoms with Gasteiger partial charge >= 0.3 is 0 Å². The van der Waals surface area contributed by atoms with Gasteiger partial charge in [0, 0.05) is 28.2 Å². The van der Waals surface area contributed by atoms with Gasteiger partial charge in [-0.3, -0.25) is 4.99 Å². The van der Waals surface area contributed by atoms with Gasteiger partial charge in [0.1, 0.15) is 22.8 Å². The molecule has 0 bridgehead atoms. The molecule has 2 aromatic carbocycles. The van der Waals surface area contributed by atoms with Crippen molar-refractivity contribution in [1.29, 1.82) is 0 Å². The first-order chi connectivity index (χ1) is 17.3. The molecule has 6 rings (SSSR count). The predicted molar refractivity (Wildman–Crippen MR) is 137 cm³/mol. The van der Waals surface area contributed by atoms with Crippen molar-refractivity contribution in [2.45, 2.75) is 39.7 Å². The predicted octanol–water partition coefficient (Wildman–Crippen LogP) is 3.84. The van der Waals surface area contributed by atoms with Gasteiger partial charge in [0.2, 0.25) is 0 Å². The molecule has 0 unspecified atom stereocenters. The van der Waals surface area contributed by atoms with E-state index in [1.165, 1.54) is 0 Å². The number of ether oxygens (including phenoxy) is 1. The Labute approximate surface area is 207 Å². The maximum atomic E-state index is 10.8. The van der Waals surface area contributed by atoms with E-state index in [1.807, 2.05) is 44.2 Å². The number of aromatic nitrogens is 4. The van der Waals surface area contributed by atoms with E-state index in [1.54, 1.807) is 21.0 Å². The maximum absolute atomic E-state index is 10.8. The van der Waals surface area contributed by atoms with E-state index >= 15 is 0 Å². The fourth-order valence-corrected chi connectivity index (χ4v) is 5.08. The van der Waals surface area contributed by atoms with E-state index in [0.717, 1.165) is 67.1 Å². The van der Waals surface area contributed by atoms with Crippen LogP contribution in [0.25, 0.3) is 38.6 Å². The summed E-state index contributed by atoms with van der Waals surface area (Å²) in [6.07, 6.45) is 0.745. The molecular formula is C28H27N5O3. The smallest absolute Gasteiger partial charge is 0.162 e. The van der Waals surface area contributed by atoms with Crippen LogP contribution in [0.15, 0.2) is 45.9 Å². The average Bonchev–Trinajstić information content (AvgIpc) is 3.39. The SMILES string of the molecule is COc1cc2c(cc1-c1c(C)noc1C)[nH]c1nc(C(C)(C)O)nc(C3=c4ccccc4=NCC3)c12. The zero-order valence-corrected chi connectivity index (χ0v) is 20.9. The minimum atomic E-state index is -1.21. The van der Waals surface area contributed by atoms with Gasteiger partial charge < -0.3 is 19.4 Å². The van der Waals surface area contributed by atoms with Gasteiger partial charge in [-0.25, -0.2) is 9.97 Å². The topological polar surface area (TPSA) is 109 Å². The van der Waals surface area contributed by atoms with Crippen LogP contribution >= 0.6 is 0 Å². The number of aryl methyl sites for hydroxylation is 2. The molecule has 0 saturated carbocycles. The third-order valence-electron chi connectivity index (χ3n) is 6.78. The third-order valence-corrected chi connectivity index (χ3v) is 6.78. The lowest BCUT2D eigenvalue weighted by atomic mass is 9.97. The van der Waals surface area contributed by atoms with Crippen molar-refractivity contribution in [2.75, 3.05) is 13.7 Å². The van der Waals surface area contributed by atoms with Crippen molar-refractivity contribution in [3.63, 3.8) is 0 Å². The standard InChI is InChI=1S/C28H27N5O3/c1-14-23(15(2)36-33-14)19-12-21-18(13-22(19)35-5)24-25(31-27(28(3,4)34)32-26(24)30-21)17-10-11-29-20-9-7-6-8-16(17)20/h6-9,12-13,34H,10-11H2,1-5H3,(H,30,31,32). The zero-order valence-electron chi connectivity index (χ0n) is 20.9. The number of H-pyrrole nitrogens is 1. The van der Waals surface area contributed by atoms with Gasteiger partial charge in [0.05, 0.1) is 34.8 Å². The molecule has 4 heterocycles. The second-order valence-corrected chi connectivity index (χ2v) is 9.73. The maximum Gasteiger partial charge on any atom is 0.162 e. The second-order valence-electron chi connectivity index (χ2n) is 9.73. The number of aliphatic hydroxyl groups is 1. The van der Waals surface area contributed by atoms with Crippen LogP contribution in [0.5, 0.6) is 5.75 Å². The Bertz CT molecular complexity index is 1770. The number of nitrogens with one attached hydrogen (secondary N) is 1. The lowest BCUT2D eigenvalue weighted by molar-refractivity contribution is 0.0690. The Balaban J connectivity index is 1.75. The summed E-state index contributed by atoms with van der Waals surface area (Å²) in [6, 6.07) is 12.2. The molecule has 0 aliphatic carbocycles. The van der Waals surface area contributed by atoms with Crippen molar-refractivity contribution < 1.29 is 14.4 Å². The van der Waals surface area contributed by atoms with Crippen LogP contribution in [0, 0.1) is 13.8 Å². The van der Waals surface area contributed by atoms with Gasteiger partial charge in [-0.05, 0) is 57.9 Å². The summed E-state index contributed by atoms with van der Waals surface area (Å²) in [6.45, 7) is 7.90. The van der Waals surface area contributed by atoms with Gasteiger partial charge in [-0.1, -0.05) is 23.4 Å². The normalized spacial score (nSPS) is 13.8. The number of hydrogen-bond donors (Lipinski definition) is 2. The lowest BCUT2D eigenvalue weighted by Gasteiger charge is -2.18. The van der Waals surface area contributed by atoms with E-state index in [0.29, 0.717) is 23.8 Å². The molecule has 0 amide bonds. The first-order valence-corrected chi connectivity index (χ1v) is 12.0. The Hall–Kier alpha value is -4.04. The van der Waals surface area contributed by atoms with Gasteiger partial charge in [0.15, 0.2) is 5.82 Å². The number of benzene rings is 2. The summed E-state index contributed by atoms with van der Waals surface area (Å²) in [7, 11) is 1.66. The molecule has 1 aliphatic rings. The summed E-state index contributed by atoms with van der Waals surface area (Å²) in [5.74, 6) is 1.80. The van der Waals surface area contributed by atoms with Crippen molar-refractivity contribution in [1.82, 2.24) is 20.1 Å². The molecule has 182 valence electrons. The van der Waals surface area contributed by atoms with Crippen molar-refractivity contribution in [2.24, 2.45) is 4.99 Å². The number of nitrogens with zero attached hydrogens (tertiary/aromatic N) is 4. The van der Waals surface area contributed by atoms with Crippen LogP contribution < -0.4 is 15.3 Å². The van der Waals surface area contributed by atoms with Crippen LogP contribution in [0.2, 0.25) is 0 Å². The average molecular weight is 482 g/mol. The Kier molecular flexibility index (Phi) is 4.98. The number of para-hydroxylation sites is 1. The fraction of sp³-hybridized carbons (Fsp3) is 0.286. The first-order valence-electron chi connectivity index (χ1n) is 12.0. The summed E-state index contributed by atoms with van der Waals surface area (Å²) >= 11 is 0. The number of fused-ring (bicyclic) bond motifs is 4. The molecule has 1 aliphatic heterocycles. The summed E-state index contributed by atoms with van der Waals surface area (Å²) < 4.78 is 11.3. The highest BCUT2D eigenvalue weighted by atomic mass is 16.5. The van der Waals surface area contributed by atoms with Crippen LogP contribution in [0.1, 0.15) is 43.2 Å². The summed E-state index contributed by atoms with van der Waals surface area (Å²) in [4.78, 5) is 17.9. The van der Waals surface area contributed by atoms with Gasteiger partial charge in [-0.15, -0.1) is 0 Å². The highest BCUT2D eigenvalue weighted by molar-refractivity contribution is 6.12. The van der Waals surface area contributed by atoms with Gasteiger partial charge in [0.25, 0.3) is 0 Å². The molecule has 5 aromatic rings. The Morgan fingerprint density at radius 1 is 1.11 bits per heavy atom. The van der Waals surface area contributed by atoms with E-state index in [4.69, 9.17) is 24.2 Å². The van der Waals surface area contributed by atoms with Crippen LogP contribution in [-0.2, 0) is 5.60 Å². The van der Waals surface area contributed by atoms with Crippen LogP contribution in [-0.4, -0.2) is 38.9 Å². The lowest BCUT2D eigenvalue weighted by Crippen LogP contribution is -2.31. The quantitative estimate of drug-likeness (QED) is 0.404. The van der Waals surface area contributed by atoms with Crippen molar-refractivity contribution in [3.05, 3.63) is 69.9 Å². The Morgan fingerprint density at radius 2 is 1.92 bits per heavy atom. The van der Waals surface area contributed by atoms with Crippen molar-refractivity contribution >= 4 is 27.5 Å². The Morgan fingerprint density at radius 3 is 2.64 bits per heavy atom. The minimum Gasteiger partial charge on any atom is -0.496 e. The molecule has 2 N–H and O–H groups in total. The second kappa shape index (κ2) is 7.99. The number of rotatable bonds is 4. The molecular weight excluding hydrogens is 454 g/mol. The zero-order chi connectivity index (χ0) is 25.2. The molecule has 0 radical (unpaired) electrons. The summed E-state index contributed by atoms with van der Waals surface area (Å²) in [5, 5.41) is 18.8. The van der Waals surface area contributed by atoms with Crippen LogP contribution in [0.3, 0.4) is 0 Å². The number of hydrogen-bond acceptors (Lipinski definition) is 7. The van der Waals surface area contributed by atoms with Crippen LogP contribution in [0.4, 0.5) is 0 Å². The van der Waals surface area contributed by atoms with E-state index in [9.17, 15) is 5.11 Å². The van der Waals surface area contributed by atoms with Crippen molar-refractivity contribution in [3.8, 4) is 16.9 Å². The molecule has 0 saturated heterocycles. The first kappa shape index (κ1) is 22.4.